The van der Waals surface area contributed by atoms with Crippen molar-refractivity contribution >= 4 is 0 Å². The molecule has 2 unspecified atom stereocenters. The molecule has 0 amide bonds. The SMILES string of the molecule is CC1OCCC1(C)NCCCCO. The predicted octanol–water partition coefficient (Wildman–Crippen LogP) is 0.916. The van der Waals surface area contributed by atoms with E-state index in [1.165, 1.54) is 0 Å². The van der Waals surface area contributed by atoms with Crippen LogP contribution < -0.4 is 5.32 Å². The first-order valence-electron chi connectivity index (χ1n) is 5.16. The molecule has 1 fully saturated rings. The van der Waals surface area contributed by atoms with Crippen molar-refractivity contribution in [3.8, 4) is 0 Å². The van der Waals surface area contributed by atoms with Crippen molar-refractivity contribution in [2.24, 2.45) is 0 Å². The Kier molecular flexibility index (Phi) is 4.16. The molecule has 1 aliphatic rings. The Hall–Kier alpha value is -0.120. The number of hydrogen-bond donors (Lipinski definition) is 2. The fraction of sp³-hybridized carbons (Fsp3) is 1.00. The third-order valence-electron chi connectivity index (χ3n) is 3.00. The molecule has 0 aromatic carbocycles. The van der Waals surface area contributed by atoms with Gasteiger partial charge in [-0.15, -0.1) is 0 Å². The van der Waals surface area contributed by atoms with Gasteiger partial charge in [-0.1, -0.05) is 0 Å². The van der Waals surface area contributed by atoms with Crippen LogP contribution in [0.15, 0.2) is 0 Å². The summed E-state index contributed by atoms with van der Waals surface area (Å²) in [7, 11) is 0. The van der Waals surface area contributed by atoms with Gasteiger partial charge in [0, 0.05) is 18.8 Å². The summed E-state index contributed by atoms with van der Waals surface area (Å²) < 4.78 is 5.51. The Morgan fingerprint density at radius 3 is 2.85 bits per heavy atom. The molecule has 78 valence electrons. The van der Waals surface area contributed by atoms with Gasteiger partial charge in [-0.25, -0.2) is 0 Å². The predicted molar refractivity (Wildman–Crippen MR) is 52.8 cm³/mol. The highest BCUT2D eigenvalue weighted by atomic mass is 16.5. The molecule has 3 nitrogen and oxygen atoms in total. The van der Waals surface area contributed by atoms with Gasteiger partial charge in [-0.3, -0.25) is 0 Å². The van der Waals surface area contributed by atoms with Crippen LogP contribution in [0, 0.1) is 0 Å². The molecule has 0 spiro atoms. The maximum absolute atomic E-state index is 8.62. The maximum Gasteiger partial charge on any atom is 0.0726 e. The highest BCUT2D eigenvalue weighted by Crippen LogP contribution is 2.24. The molecule has 0 saturated carbocycles. The van der Waals surface area contributed by atoms with E-state index in [9.17, 15) is 0 Å². The molecule has 0 radical (unpaired) electrons. The maximum atomic E-state index is 8.62. The number of rotatable bonds is 5. The fourth-order valence-electron chi connectivity index (χ4n) is 1.68. The lowest BCUT2D eigenvalue weighted by atomic mass is 9.94. The van der Waals surface area contributed by atoms with Gasteiger partial charge in [0.1, 0.15) is 0 Å². The first-order valence-corrected chi connectivity index (χ1v) is 5.16. The Morgan fingerprint density at radius 2 is 2.31 bits per heavy atom. The quantitative estimate of drug-likeness (QED) is 0.629. The van der Waals surface area contributed by atoms with Crippen molar-refractivity contribution in [1.29, 1.82) is 0 Å². The van der Waals surface area contributed by atoms with E-state index in [0.29, 0.717) is 12.7 Å². The zero-order valence-corrected chi connectivity index (χ0v) is 8.68. The number of hydrogen-bond acceptors (Lipinski definition) is 3. The van der Waals surface area contributed by atoms with E-state index < -0.39 is 0 Å². The van der Waals surface area contributed by atoms with Gasteiger partial charge in [-0.05, 0) is 39.7 Å². The average molecular weight is 187 g/mol. The van der Waals surface area contributed by atoms with Crippen molar-refractivity contribution in [1.82, 2.24) is 5.32 Å². The van der Waals surface area contributed by atoms with Crippen LogP contribution in [0.5, 0.6) is 0 Å². The second kappa shape index (κ2) is 4.94. The van der Waals surface area contributed by atoms with Gasteiger partial charge in [0.2, 0.25) is 0 Å². The van der Waals surface area contributed by atoms with Crippen LogP contribution in [0.1, 0.15) is 33.1 Å². The van der Waals surface area contributed by atoms with Crippen molar-refractivity contribution < 1.29 is 9.84 Å². The van der Waals surface area contributed by atoms with Crippen LogP contribution >= 0.6 is 0 Å². The summed E-state index contributed by atoms with van der Waals surface area (Å²) in [4.78, 5) is 0. The molecule has 0 aromatic rings. The Balaban J connectivity index is 2.18. The minimum absolute atomic E-state index is 0.148. The van der Waals surface area contributed by atoms with Crippen LogP contribution in [-0.2, 0) is 4.74 Å². The largest absolute Gasteiger partial charge is 0.396 e. The molecule has 1 saturated heterocycles. The number of aliphatic hydroxyl groups excluding tert-OH is 1. The van der Waals surface area contributed by atoms with E-state index in [1.54, 1.807) is 0 Å². The van der Waals surface area contributed by atoms with Gasteiger partial charge in [0.05, 0.1) is 6.10 Å². The van der Waals surface area contributed by atoms with Gasteiger partial charge in [0.15, 0.2) is 0 Å². The Bertz CT molecular complexity index is 152. The lowest BCUT2D eigenvalue weighted by Crippen LogP contribution is -2.48. The molecule has 1 rings (SSSR count). The van der Waals surface area contributed by atoms with Crippen LogP contribution in [0.3, 0.4) is 0 Å². The van der Waals surface area contributed by atoms with Gasteiger partial charge in [-0.2, -0.15) is 0 Å². The van der Waals surface area contributed by atoms with Crippen LogP contribution in [0.2, 0.25) is 0 Å². The second-order valence-electron chi connectivity index (χ2n) is 4.04. The average Bonchev–Trinajstić information content (AvgIpc) is 2.42. The van der Waals surface area contributed by atoms with E-state index in [-0.39, 0.29) is 5.54 Å². The second-order valence-corrected chi connectivity index (χ2v) is 4.04. The summed E-state index contributed by atoms with van der Waals surface area (Å²) >= 11 is 0. The molecule has 1 heterocycles. The number of unbranched alkanes of at least 4 members (excludes halogenated alkanes) is 1. The van der Waals surface area contributed by atoms with E-state index in [0.717, 1.165) is 32.4 Å². The number of aliphatic hydroxyl groups is 1. The van der Waals surface area contributed by atoms with Crippen LogP contribution in [0.25, 0.3) is 0 Å². The lowest BCUT2D eigenvalue weighted by Gasteiger charge is -2.29. The van der Waals surface area contributed by atoms with Crippen LogP contribution in [-0.4, -0.2) is 36.5 Å². The lowest BCUT2D eigenvalue weighted by molar-refractivity contribution is 0.0885. The van der Waals surface area contributed by atoms with E-state index >= 15 is 0 Å². The minimum atomic E-state index is 0.148. The van der Waals surface area contributed by atoms with Crippen molar-refractivity contribution in [3.63, 3.8) is 0 Å². The first-order chi connectivity index (χ1) is 6.19. The molecule has 13 heavy (non-hydrogen) atoms. The first kappa shape index (κ1) is 11.0. The third kappa shape index (κ3) is 2.93. The fourth-order valence-corrected chi connectivity index (χ4v) is 1.68. The van der Waals surface area contributed by atoms with Gasteiger partial charge in [0.25, 0.3) is 0 Å². The molecule has 2 N–H and O–H groups in total. The monoisotopic (exact) mass is 187 g/mol. The minimum Gasteiger partial charge on any atom is -0.396 e. The summed E-state index contributed by atoms with van der Waals surface area (Å²) in [5.74, 6) is 0. The van der Waals surface area contributed by atoms with E-state index in [1.807, 2.05) is 0 Å². The van der Waals surface area contributed by atoms with Gasteiger partial charge >= 0.3 is 0 Å². The molecule has 0 aromatic heterocycles. The Morgan fingerprint density at radius 1 is 1.54 bits per heavy atom. The van der Waals surface area contributed by atoms with E-state index in [2.05, 4.69) is 19.2 Å². The summed E-state index contributed by atoms with van der Waals surface area (Å²) in [6.07, 6.45) is 3.33. The zero-order chi connectivity index (χ0) is 9.73. The zero-order valence-electron chi connectivity index (χ0n) is 8.68. The Labute approximate surface area is 80.5 Å². The molecule has 0 aliphatic carbocycles. The molecular weight excluding hydrogens is 166 g/mol. The van der Waals surface area contributed by atoms with Crippen molar-refractivity contribution in [2.45, 2.75) is 44.8 Å². The highest BCUT2D eigenvalue weighted by Gasteiger charge is 2.35. The molecule has 0 bridgehead atoms. The molecule has 2 atom stereocenters. The molecule has 1 aliphatic heterocycles. The van der Waals surface area contributed by atoms with Crippen molar-refractivity contribution in [3.05, 3.63) is 0 Å². The summed E-state index contributed by atoms with van der Waals surface area (Å²) in [5, 5.41) is 12.1. The summed E-state index contributed by atoms with van der Waals surface area (Å²) in [5.41, 5.74) is 0.148. The topological polar surface area (TPSA) is 41.5 Å². The highest BCUT2D eigenvalue weighted by molar-refractivity contribution is 4.93. The van der Waals surface area contributed by atoms with Crippen LogP contribution in [0.4, 0.5) is 0 Å². The smallest absolute Gasteiger partial charge is 0.0726 e. The number of ether oxygens (including phenoxy) is 1. The normalized spacial score (nSPS) is 33.9. The summed E-state index contributed by atoms with van der Waals surface area (Å²) in [6.45, 7) is 6.47. The standard InChI is InChI=1S/C10H21NO2/c1-9-10(2,5-8-13-9)11-6-3-4-7-12/h9,11-12H,3-8H2,1-2H3. The molecular formula is C10H21NO2. The summed E-state index contributed by atoms with van der Waals surface area (Å²) in [6, 6.07) is 0. The van der Waals surface area contributed by atoms with Gasteiger partial charge < -0.3 is 15.2 Å². The van der Waals surface area contributed by atoms with Crippen molar-refractivity contribution in [2.75, 3.05) is 19.8 Å². The molecule has 3 heteroatoms. The van der Waals surface area contributed by atoms with E-state index in [4.69, 9.17) is 9.84 Å². The number of nitrogens with one attached hydrogen (secondary N) is 1. The third-order valence-corrected chi connectivity index (χ3v) is 3.00.